The van der Waals surface area contributed by atoms with Crippen molar-refractivity contribution in [2.45, 2.75) is 45.7 Å². The van der Waals surface area contributed by atoms with Crippen LogP contribution in [0.2, 0.25) is 0 Å². The third-order valence-electron chi connectivity index (χ3n) is 6.63. The van der Waals surface area contributed by atoms with Gasteiger partial charge in [0.25, 0.3) is 0 Å². The molecule has 0 bridgehead atoms. The average molecular weight is 396 g/mol. The van der Waals surface area contributed by atoms with Crippen molar-refractivity contribution in [2.75, 3.05) is 25.0 Å². The molecule has 1 unspecified atom stereocenters. The number of likely N-dealkylation sites (tertiary alicyclic amines) is 2. The maximum atomic E-state index is 13.9. The number of carbonyl (C=O) groups is 1. The molecule has 5 heteroatoms. The summed E-state index contributed by atoms with van der Waals surface area (Å²) in [5.41, 5.74) is 3.11. The zero-order valence-electron chi connectivity index (χ0n) is 17.5. The van der Waals surface area contributed by atoms with Crippen LogP contribution in [0.25, 0.3) is 0 Å². The molecule has 0 aliphatic carbocycles. The number of carbonyl (C=O) groups excluding carboxylic acids is 1. The van der Waals surface area contributed by atoms with Crippen LogP contribution in [0.4, 0.5) is 14.9 Å². The van der Waals surface area contributed by atoms with Crippen LogP contribution in [0, 0.1) is 18.2 Å². The number of halogens is 1. The van der Waals surface area contributed by atoms with Gasteiger partial charge < -0.3 is 10.2 Å². The molecule has 2 aliphatic rings. The lowest BCUT2D eigenvalue weighted by Gasteiger charge is -2.62. The number of anilines is 1. The van der Waals surface area contributed by atoms with Gasteiger partial charge in [0.05, 0.1) is 5.69 Å². The summed E-state index contributed by atoms with van der Waals surface area (Å²) in [7, 11) is 0. The lowest BCUT2D eigenvalue weighted by molar-refractivity contribution is -0.123. The Kier molecular flexibility index (Phi) is 5.34. The Hall–Kier alpha value is -2.40. The van der Waals surface area contributed by atoms with Gasteiger partial charge in [-0.1, -0.05) is 42.0 Å². The van der Waals surface area contributed by atoms with Crippen LogP contribution in [0.5, 0.6) is 0 Å². The molecule has 29 heavy (non-hydrogen) atoms. The lowest BCUT2D eigenvalue weighted by atomic mass is 9.62. The van der Waals surface area contributed by atoms with Gasteiger partial charge in [-0.3, -0.25) is 4.90 Å². The summed E-state index contributed by atoms with van der Waals surface area (Å²) in [6, 6.07) is 15.9. The highest BCUT2D eigenvalue weighted by atomic mass is 19.1. The number of para-hydroxylation sites is 1. The van der Waals surface area contributed by atoms with E-state index in [-0.39, 0.29) is 17.1 Å². The molecule has 154 valence electrons. The molecule has 1 atom stereocenters. The highest BCUT2D eigenvalue weighted by molar-refractivity contribution is 5.89. The molecule has 0 radical (unpaired) electrons. The Morgan fingerprint density at radius 2 is 1.76 bits per heavy atom. The first-order valence-electron chi connectivity index (χ1n) is 10.5. The molecule has 4 nitrogen and oxygen atoms in total. The maximum Gasteiger partial charge on any atom is 0.321 e. The predicted molar refractivity (Wildman–Crippen MR) is 114 cm³/mol. The van der Waals surface area contributed by atoms with Gasteiger partial charge in [-0.15, -0.1) is 0 Å². The molecule has 1 N–H and O–H groups in total. The summed E-state index contributed by atoms with van der Waals surface area (Å²) in [4.78, 5) is 17.0. The van der Waals surface area contributed by atoms with Crippen molar-refractivity contribution in [3.05, 3.63) is 65.5 Å². The number of benzene rings is 2. The zero-order chi connectivity index (χ0) is 20.6. The first kappa shape index (κ1) is 19.9. The second kappa shape index (κ2) is 7.79. The standard InChI is InChI=1S/C24H30FN3O/c1-17(2)28-16-24(22(28)19-10-8-18(3)9-11-19)12-14-27(15-13-24)23(29)26-21-7-5-4-6-20(21)25/h4-11,17,22H,12-16H2,1-3H3,(H,26,29). The van der Waals surface area contributed by atoms with Gasteiger partial charge in [-0.2, -0.15) is 0 Å². The van der Waals surface area contributed by atoms with Crippen LogP contribution in [-0.2, 0) is 0 Å². The van der Waals surface area contributed by atoms with Gasteiger partial charge >= 0.3 is 6.03 Å². The monoisotopic (exact) mass is 395 g/mol. The highest BCUT2D eigenvalue weighted by Gasteiger charge is 2.54. The Balaban J connectivity index is 1.45. The minimum Gasteiger partial charge on any atom is -0.324 e. The number of hydrogen-bond donors (Lipinski definition) is 1. The van der Waals surface area contributed by atoms with E-state index in [9.17, 15) is 9.18 Å². The predicted octanol–water partition coefficient (Wildman–Crippen LogP) is 5.21. The minimum atomic E-state index is -0.402. The summed E-state index contributed by atoms with van der Waals surface area (Å²) in [5.74, 6) is -0.402. The van der Waals surface area contributed by atoms with Crippen LogP contribution in [0.15, 0.2) is 48.5 Å². The fraction of sp³-hybridized carbons (Fsp3) is 0.458. The normalized spacial score (nSPS) is 21.3. The molecular formula is C24H30FN3O. The van der Waals surface area contributed by atoms with Crippen LogP contribution < -0.4 is 5.32 Å². The quantitative estimate of drug-likeness (QED) is 0.774. The highest BCUT2D eigenvalue weighted by Crippen LogP contribution is 2.55. The van der Waals surface area contributed by atoms with Crippen LogP contribution in [0.1, 0.15) is 43.9 Å². The van der Waals surface area contributed by atoms with Crippen molar-refractivity contribution in [1.82, 2.24) is 9.80 Å². The summed E-state index contributed by atoms with van der Waals surface area (Å²) < 4.78 is 13.9. The second-order valence-electron chi connectivity index (χ2n) is 8.84. The Morgan fingerprint density at radius 1 is 1.10 bits per heavy atom. The fourth-order valence-electron chi connectivity index (χ4n) is 4.90. The van der Waals surface area contributed by atoms with Gasteiger partial charge in [0.15, 0.2) is 0 Å². The summed E-state index contributed by atoms with van der Waals surface area (Å²) in [5, 5.41) is 2.72. The number of nitrogens with zero attached hydrogens (tertiary/aromatic N) is 2. The molecular weight excluding hydrogens is 365 g/mol. The number of aryl methyl sites for hydroxylation is 1. The molecule has 0 saturated carbocycles. The third-order valence-corrected chi connectivity index (χ3v) is 6.63. The van der Waals surface area contributed by atoms with E-state index in [4.69, 9.17) is 0 Å². The SMILES string of the molecule is Cc1ccc(C2N(C(C)C)CC23CCN(C(=O)Nc2ccccc2F)CC3)cc1. The van der Waals surface area contributed by atoms with Crippen LogP contribution >= 0.6 is 0 Å². The van der Waals surface area contributed by atoms with Crippen molar-refractivity contribution < 1.29 is 9.18 Å². The lowest BCUT2D eigenvalue weighted by Crippen LogP contribution is -2.64. The third kappa shape index (κ3) is 3.76. The van der Waals surface area contributed by atoms with Crippen molar-refractivity contribution in [3.63, 3.8) is 0 Å². The number of urea groups is 1. The molecule has 2 aromatic carbocycles. The van der Waals surface area contributed by atoms with E-state index in [0.29, 0.717) is 25.2 Å². The molecule has 2 aromatic rings. The number of nitrogens with one attached hydrogen (secondary N) is 1. The molecule has 2 fully saturated rings. The first-order chi connectivity index (χ1) is 13.9. The van der Waals surface area contributed by atoms with Crippen LogP contribution in [-0.4, -0.2) is 41.5 Å². The Labute approximate surface area is 172 Å². The van der Waals surface area contributed by atoms with Gasteiger partial charge in [0.2, 0.25) is 0 Å². The minimum absolute atomic E-state index is 0.211. The molecule has 2 heterocycles. The number of piperidine rings is 1. The summed E-state index contributed by atoms with van der Waals surface area (Å²) >= 11 is 0. The summed E-state index contributed by atoms with van der Waals surface area (Å²) in [6.45, 7) is 9.11. The van der Waals surface area contributed by atoms with Gasteiger partial charge in [-0.25, -0.2) is 9.18 Å². The van der Waals surface area contributed by atoms with Crippen molar-refractivity contribution in [2.24, 2.45) is 5.41 Å². The van der Waals surface area contributed by atoms with E-state index >= 15 is 0 Å². The van der Waals surface area contributed by atoms with Crippen LogP contribution in [0.3, 0.4) is 0 Å². The van der Waals surface area contributed by atoms with E-state index in [2.05, 4.69) is 55.3 Å². The maximum absolute atomic E-state index is 13.9. The van der Waals surface area contributed by atoms with E-state index in [1.54, 1.807) is 18.2 Å². The zero-order valence-corrected chi connectivity index (χ0v) is 17.5. The van der Waals surface area contributed by atoms with Crippen molar-refractivity contribution in [3.8, 4) is 0 Å². The number of hydrogen-bond acceptors (Lipinski definition) is 2. The van der Waals surface area contributed by atoms with E-state index in [0.717, 1.165) is 19.4 Å². The van der Waals surface area contributed by atoms with Crippen molar-refractivity contribution >= 4 is 11.7 Å². The van der Waals surface area contributed by atoms with E-state index < -0.39 is 5.82 Å². The van der Waals surface area contributed by atoms with Gasteiger partial charge in [0, 0.05) is 37.1 Å². The largest absolute Gasteiger partial charge is 0.324 e. The van der Waals surface area contributed by atoms with E-state index in [1.165, 1.54) is 17.2 Å². The molecule has 0 aromatic heterocycles. The molecule has 2 saturated heterocycles. The number of rotatable bonds is 3. The topological polar surface area (TPSA) is 35.6 Å². The van der Waals surface area contributed by atoms with E-state index in [1.807, 2.05) is 4.90 Å². The molecule has 4 rings (SSSR count). The average Bonchev–Trinajstić information content (AvgIpc) is 2.70. The fourth-order valence-corrected chi connectivity index (χ4v) is 4.90. The Morgan fingerprint density at radius 3 is 2.38 bits per heavy atom. The number of amides is 2. The van der Waals surface area contributed by atoms with Gasteiger partial charge in [0.1, 0.15) is 5.82 Å². The van der Waals surface area contributed by atoms with Gasteiger partial charge in [-0.05, 0) is 51.3 Å². The second-order valence-corrected chi connectivity index (χ2v) is 8.84. The Bertz CT molecular complexity index is 872. The van der Waals surface area contributed by atoms with Crippen molar-refractivity contribution in [1.29, 1.82) is 0 Å². The molecule has 2 aliphatic heterocycles. The molecule has 1 spiro atoms. The molecule has 2 amide bonds. The first-order valence-corrected chi connectivity index (χ1v) is 10.5. The smallest absolute Gasteiger partial charge is 0.321 e. The summed E-state index contributed by atoms with van der Waals surface area (Å²) in [6.07, 6.45) is 1.94.